The van der Waals surface area contributed by atoms with E-state index in [4.69, 9.17) is 20.4 Å². The minimum absolute atomic E-state index is 0. The van der Waals surface area contributed by atoms with Gasteiger partial charge < -0.3 is 20.4 Å². The van der Waals surface area contributed by atoms with Crippen LogP contribution in [0.2, 0.25) is 0 Å². The van der Waals surface area contributed by atoms with Crippen LogP contribution in [-0.2, 0) is 19.2 Å². The van der Waals surface area contributed by atoms with Gasteiger partial charge in [0.05, 0.1) is 26.2 Å². The molecular weight excluding hydrogens is 276 g/mol. The van der Waals surface area contributed by atoms with E-state index in [0.717, 1.165) is 9.80 Å². The summed E-state index contributed by atoms with van der Waals surface area (Å²) in [6.45, 7) is -2.25. The van der Waals surface area contributed by atoms with Gasteiger partial charge in [0.25, 0.3) is 0 Å². The summed E-state index contributed by atoms with van der Waals surface area (Å²) in [4.78, 5) is 44.4. The monoisotopic (exact) mass is 294 g/mol. The van der Waals surface area contributed by atoms with Crippen LogP contribution in [-0.4, -0.2) is 93.4 Å². The Balaban J connectivity index is -0.00000180. The van der Waals surface area contributed by atoms with Crippen LogP contribution in [0.4, 0.5) is 0 Å². The first-order chi connectivity index (χ1) is 9.20. The molecule has 0 aromatic heterocycles. The minimum atomic E-state index is -1.23. The molecule has 0 rings (SSSR count). The fraction of sp³-hybridized carbons (Fsp3) is 0.600. The molecule has 0 bridgehead atoms. The van der Waals surface area contributed by atoms with Crippen molar-refractivity contribution in [3.63, 3.8) is 0 Å². The summed E-state index contributed by atoms with van der Waals surface area (Å²) in [6.07, 6.45) is 0. The van der Waals surface area contributed by atoms with Crippen LogP contribution in [0.1, 0.15) is 2.85 Å². The van der Waals surface area contributed by atoms with E-state index < -0.39 is 50.1 Å². The number of carboxylic acid groups (broad SMARTS) is 4. The standard InChI is InChI=1S/C10H16N2O8/c13-7(14)3-11(4-8(15)16)1-2-12(5-9(17)18)6-10(19)20/h1-6H2,(H,13,14)(H,15,16)(H,17,18)(H,19,20)/p+2. The average Bonchev–Trinajstić information content (AvgIpc) is 2.22. The van der Waals surface area contributed by atoms with E-state index in [1.807, 2.05) is 0 Å². The number of carbonyl (C=O) groups is 4. The third kappa shape index (κ3) is 9.79. The second-order valence-electron chi connectivity index (χ2n) is 4.00. The molecule has 0 heterocycles. The fourth-order valence-corrected chi connectivity index (χ4v) is 1.48. The maximum Gasteiger partial charge on any atom is 1.00 e. The number of nitrogens with zero attached hydrogens (tertiary/aromatic N) is 2. The average molecular weight is 294 g/mol. The Morgan fingerprint density at radius 1 is 0.600 bits per heavy atom. The quantitative estimate of drug-likeness (QED) is 0.341. The van der Waals surface area contributed by atoms with Crippen LogP contribution in [0.15, 0.2) is 0 Å². The maximum absolute atomic E-state index is 10.6. The third-order valence-corrected chi connectivity index (χ3v) is 2.17. The molecule has 0 atom stereocenters. The Bertz CT molecular complexity index is 325. The Morgan fingerprint density at radius 2 is 0.800 bits per heavy atom. The Kier molecular flexibility index (Phi) is 7.85. The second kappa shape index (κ2) is 8.82. The zero-order chi connectivity index (χ0) is 15.7. The number of hydrogen-bond donors (Lipinski definition) is 4. The molecule has 0 spiro atoms. The van der Waals surface area contributed by atoms with Gasteiger partial charge in [-0.25, -0.2) is 0 Å². The highest BCUT2D eigenvalue weighted by atomic mass is 16.4. The summed E-state index contributed by atoms with van der Waals surface area (Å²) in [7, 11) is 0. The highest BCUT2D eigenvalue weighted by molar-refractivity contribution is 5.73. The fourth-order valence-electron chi connectivity index (χ4n) is 1.48. The number of aliphatic carboxylic acids is 4. The predicted octanol–water partition coefficient (Wildman–Crippen LogP) is -1.85. The Labute approximate surface area is 116 Å². The second-order valence-corrected chi connectivity index (χ2v) is 4.00. The van der Waals surface area contributed by atoms with Crippen molar-refractivity contribution in [3.8, 4) is 0 Å². The molecule has 0 aliphatic heterocycles. The van der Waals surface area contributed by atoms with Gasteiger partial charge in [-0.05, 0) is 0 Å². The zero-order valence-electron chi connectivity index (χ0n) is 12.6. The Hall–Kier alpha value is -2.20. The molecule has 0 saturated carbocycles. The molecule has 20 heavy (non-hydrogen) atoms. The predicted molar refractivity (Wildman–Crippen MR) is 65.6 cm³/mol. The van der Waals surface area contributed by atoms with Crippen molar-refractivity contribution in [2.45, 2.75) is 0 Å². The summed E-state index contributed by atoms with van der Waals surface area (Å²) in [5.41, 5.74) is 0. The van der Waals surface area contributed by atoms with Crippen molar-refractivity contribution < 1.29 is 42.5 Å². The van der Waals surface area contributed by atoms with Crippen LogP contribution >= 0.6 is 0 Å². The smallest absolute Gasteiger partial charge is 0.480 e. The number of rotatable bonds is 11. The first-order valence-corrected chi connectivity index (χ1v) is 5.52. The van der Waals surface area contributed by atoms with Gasteiger partial charge in [-0.2, -0.15) is 0 Å². The van der Waals surface area contributed by atoms with Crippen LogP contribution in [0.25, 0.3) is 0 Å². The third-order valence-electron chi connectivity index (χ3n) is 2.17. The highest BCUT2D eigenvalue weighted by Gasteiger charge is 2.17. The van der Waals surface area contributed by atoms with E-state index in [1.165, 1.54) is 0 Å². The lowest BCUT2D eigenvalue weighted by atomic mass is 10.4. The van der Waals surface area contributed by atoms with Gasteiger partial charge in [-0.1, -0.05) is 0 Å². The van der Waals surface area contributed by atoms with Gasteiger partial charge in [0, 0.05) is 13.1 Å². The van der Waals surface area contributed by atoms with Gasteiger partial charge in [-0.15, -0.1) is 0 Å². The van der Waals surface area contributed by atoms with E-state index in [0.29, 0.717) is 0 Å². The normalized spacial score (nSPS) is 10.7. The molecule has 0 aliphatic rings. The van der Waals surface area contributed by atoms with Gasteiger partial charge in [0.2, 0.25) is 0 Å². The topological polar surface area (TPSA) is 156 Å². The van der Waals surface area contributed by atoms with Gasteiger partial charge in [0.15, 0.2) is 0 Å². The molecule has 0 aromatic carbocycles. The molecule has 0 unspecified atom stereocenters. The van der Waals surface area contributed by atoms with Crippen LogP contribution < -0.4 is 0 Å². The summed E-state index contributed by atoms with van der Waals surface area (Å²) >= 11 is 0. The molecule has 4 N–H and O–H groups in total. The molecular formula is C10H18N2O8+2. The maximum atomic E-state index is 10.6. The Morgan fingerprint density at radius 3 is 0.950 bits per heavy atom. The number of carboxylic acids is 4. The molecule has 114 valence electrons. The summed E-state index contributed by atoms with van der Waals surface area (Å²) in [5.74, 6) is -4.91. The van der Waals surface area contributed by atoms with E-state index >= 15 is 0 Å². The lowest BCUT2D eigenvalue weighted by Crippen LogP contribution is -2.43. The summed E-state index contributed by atoms with van der Waals surface area (Å²) < 4.78 is 0. The van der Waals surface area contributed by atoms with Crippen molar-refractivity contribution in [2.24, 2.45) is 0 Å². The lowest BCUT2D eigenvalue weighted by molar-refractivity contribution is -0.145. The lowest BCUT2D eigenvalue weighted by Gasteiger charge is -2.23. The summed E-state index contributed by atoms with van der Waals surface area (Å²) in [5, 5.41) is 34.5. The first kappa shape index (κ1) is 17.8. The molecule has 0 fully saturated rings. The molecule has 0 amide bonds. The minimum Gasteiger partial charge on any atom is -0.480 e. The van der Waals surface area contributed by atoms with Crippen molar-refractivity contribution in [3.05, 3.63) is 0 Å². The van der Waals surface area contributed by atoms with E-state index in [2.05, 4.69) is 0 Å². The zero-order valence-corrected chi connectivity index (χ0v) is 10.6. The van der Waals surface area contributed by atoms with Gasteiger partial charge in [-0.3, -0.25) is 29.0 Å². The van der Waals surface area contributed by atoms with E-state index in [9.17, 15) is 19.2 Å². The van der Waals surface area contributed by atoms with E-state index in [-0.39, 0.29) is 15.9 Å². The molecule has 0 aromatic rings. The molecule has 0 saturated heterocycles. The molecule has 0 radical (unpaired) electrons. The summed E-state index contributed by atoms with van der Waals surface area (Å²) in [6, 6.07) is 0. The van der Waals surface area contributed by atoms with Crippen LogP contribution in [0.5, 0.6) is 0 Å². The molecule has 10 nitrogen and oxygen atoms in total. The SMILES string of the molecule is O=C(O)CN(CCN(CC(=O)O)CC(=O)O)CC(=O)O.[H+].[H+]. The van der Waals surface area contributed by atoms with Gasteiger partial charge in [0.1, 0.15) is 0 Å². The highest BCUT2D eigenvalue weighted by Crippen LogP contribution is 1.94. The largest absolute Gasteiger partial charge is 1.00 e. The van der Waals surface area contributed by atoms with Crippen molar-refractivity contribution in [2.75, 3.05) is 39.3 Å². The molecule has 0 aliphatic carbocycles. The van der Waals surface area contributed by atoms with Crippen molar-refractivity contribution >= 4 is 23.9 Å². The van der Waals surface area contributed by atoms with Crippen LogP contribution in [0, 0.1) is 0 Å². The van der Waals surface area contributed by atoms with Crippen LogP contribution in [0.3, 0.4) is 0 Å². The van der Waals surface area contributed by atoms with E-state index in [1.54, 1.807) is 0 Å². The molecule has 10 heteroatoms. The first-order valence-electron chi connectivity index (χ1n) is 5.52. The van der Waals surface area contributed by atoms with Crippen molar-refractivity contribution in [1.29, 1.82) is 0 Å². The van der Waals surface area contributed by atoms with Crippen molar-refractivity contribution in [1.82, 2.24) is 9.80 Å². The number of hydrogen-bond acceptors (Lipinski definition) is 6. The van der Waals surface area contributed by atoms with Gasteiger partial charge >= 0.3 is 26.7 Å².